The van der Waals surface area contributed by atoms with Crippen molar-refractivity contribution in [1.29, 1.82) is 0 Å². The zero-order chi connectivity index (χ0) is 18.1. The summed E-state index contributed by atoms with van der Waals surface area (Å²) in [5.74, 6) is -1.41. The lowest BCUT2D eigenvalue weighted by atomic mass is 10.1. The quantitative estimate of drug-likeness (QED) is 0.485. The molecule has 0 bridgehead atoms. The van der Waals surface area contributed by atoms with Crippen LogP contribution in [0.15, 0.2) is 47.1 Å². The van der Waals surface area contributed by atoms with Crippen molar-refractivity contribution in [2.45, 2.75) is 12.5 Å². The topological polar surface area (TPSA) is 24.9 Å². The van der Waals surface area contributed by atoms with Crippen LogP contribution in [0, 0.1) is 11.6 Å². The summed E-state index contributed by atoms with van der Waals surface area (Å²) >= 11 is 9.23. The molecule has 0 unspecified atom stereocenters. The Morgan fingerprint density at radius 1 is 1.08 bits per heavy atom. The normalized spacial score (nSPS) is 12.6. The van der Waals surface area contributed by atoms with Crippen molar-refractivity contribution in [2.24, 2.45) is 0 Å². The van der Waals surface area contributed by atoms with Gasteiger partial charge in [0.1, 0.15) is 17.4 Å². The molecular formula is C17H10BrClF4N2. The second kappa shape index (κ2) is 7.17. The van der Waals surface area contributed by atoms with Crippen molar-refractivity contribution >= 4 is 44.1 Å². The number of benzene rings is 2. The van der Waals surface area contributed by atoms with Gasteiger partial charge in [-0.25, -0.2) is 17.6 Å². The summed E-state index contributed by atoms with van der Waals surface area (Å²) in [5, 5.41) is 2.78. The molecule has 0 saturated carbocycles. The number of aromatic nitrogens is 1. The monoisotopic (exact) mass is 432 g/mol. The summed E-state index contributed by atoms with van der Waals surface area (Å²) < 4.78 is 55.6. The van der Waals surface area contributed by atoms with Gasteiger partial charge in [-0.1, -0.05) is 45.7 Å². The molecular weight excluding hydrogens is 424 g/mol. The Morgan fingerprint density at radius 3 is 2.48 bits per heavy atom. The van der Waals surface area contributed by atoms with Gasteiger partial charge in [0.2, 0.25) is 0 Å². The average Bonchev–Trinajstić information content (AvgIpc) is 2.54. The van der Waals surface area contributed by atoms with Crippen LogP contribution in [-0.2, 0) is 0 Å². The minimum absolute atomic E-state index is 0.0204. The number of alkyl halides is 2. The fraction of sp³-hybridized carbons (Fsp3) is 0.118. The van der Waals surface area contributed by atoms with Crippen LogP contribution in [0.4, 0.5) is 23.2 Å². The van der Waals surface area contributed by atoms with E-state index in [-0.39, 0.29) is 27.2 Å². The number of anilines is 1. The largest absolute Gasteiger partial charge is 0.371 e. The van der Waals surface area contributed by atoms with Crippen LogP contribution >= 0.6 is 27.5 Å². The number of pyridine rings is 1. The predicted octanol–water partition coefficient (Wildman–Crippen LogP) is 6.35. The van der Waals surface area contributed by atoms with Gasteiger partial charge in [-0.05, 0) is 18.2 Å². The van der Waals surface area contributed by atoms with E-state index >= 15 is 0 Å². The average molecular weight is 434 g/mol. The maximum atomic E-state index is 14.1. The van der Waals surface area contributed by atoms with Gasteiger partial charge < -0.3 is 5.32 Å². The van der Waals surface area contributed by atoms with E-state index in [9.17, 15) is 17.6 Å². The molecule has 0 amide bonds. The molecule has 2 nitrogen and oxygen atoms in total. The van der Waals surface area contributed by atoms with E-state index in [0.29, 0.717) is 4.47 Å². The highest BCUT2D eigenvalue weighted by molar-refractivity contribution is 9.10. The molecule has 1 aromatic heterocycles. The van der Waals surface area contributed by atoms with Crippen LogP contribution < -0.4 is 5.32 Å². The van der Waals surface area contributed by atoms with E-state index in [2.05, 4.69) is 26.2 Å². The highest BCUT2D eigenvalue weighted by Gasteiger charge is 2.27. The first-order chi connectivity index (χ1) is 11.9. The van der Waals surface area contributed by atoms with Crippen molar-refractivity contribution in [3.05, 3.63) is 69.3 Å². The molecule has 0 aliphatic rings. The Hall–Kier alpha value is -1.86. The third kappa shape index (κ3) is 3.57. The maximum Gasteiger partial charge on any atom is 0.262 e. The van der Waals surface area contributed by atoms with Crippen LogP contribution in [0.25, 0.3) is 10.9 Å². The highest BCUT2D eigenvalue weighted by atomic mass is 79.9. The number of nitrogens with one attached hydrogen (secondary N) is 1. The van der Waals surface area contributed by atoms with E-state index < -0.39 is 24.1 Å². The molecule has 1 heterocycles. The molecule has 0 saturated heterocycles. The summed E-state index contributed by atoms with van der Waals surface area (Å²) in [7, 11) is 0. The van der Waals surface area contributed by atoms with Gasteiger partial charge in [-0.15, -0.1) is 0 Å². The van der Waals surface area contributed by atoms with E-state index in [1.54, 1.807) is 0 Å². The number of halogens is 6. The van der Waals surface area contributed by atoms with E-state index in [4.69, 9.17) is 11.6 Å². The Kier molecular flexibility index (Phi) is 5.15. The molecule has 0 spiro atoms. The lowest BCUT2D eigenvalue weighted by Crippen LogP contribution is -2.20. The molecule has 130 valence electrons. The molecule has 1 atom stereocenters. The third-order valence-electron chi connectivity index (χ3n) is 3.64. The molecule has 2 aromatic carbocycles. The lowest BCUT2D eigenvalue weighted by Gasteiger charge is -2.22. The Bertz CT molecular complexity index is 936. The Labute approximate surface area is 154 Å². The second-order valence-corrected chi connectivity index (χ2v) is 6.57. The van der Waals surface area contributed by atoms with Gasteiger partial charge in [0, 0.05) is 21.6 Å². The molecule has 0 aliphatic heterocycles. The van der Waals surface area contributed by atoms with Gasteiger partial charge >= 0.3 is 0 Å². The summed E-state index contributed by atoms with van der Waals surface area (Å²) in [5.41, 5.74) is -0.189. The third-order valence-corrected chi connectivity index (χ3v) is 4.38. The van der Waals surface area contributed by atoms with Crippen LogP contribution in [-0.4, -0.2) is 11.4 Å². The smallest absolute Gasteiger partial charge is 0.262 e. The fourth-order valence-corrected chi connectivity index (χ4v) is 3.14. The standard InChI is InChI=1S/C17H10BrClF4N2/c18-8-5-10-14(11(19)7-24-15(10)13(21)6-8)25-16(17(22)23)9-3-1-2-4-12(9)20/h1-7,16-17H,(H,24,25)/t16-/m0/s1. The fourth-order valence-electron chi connectivity index (χ4n) is 2.51. The Balaban J connectivity index is 2.15. The molecule has 0 fully saturated rings. The summed E-state index contributed by atoms with van der Waals surface area (Å²) in [6.45, 7) is 0. The molecule has 3 aromatic rings. The zero-order valence-electron chi connectivity index (χ0n) is 12.4. The molecule has 8 heteroatoms. The van der Waals surface area contributed by atoms with Crippen molar-refractivity contribution in [1.82, 2.24) is 4.98 Å². The summed E-state index contributed by atoms with van der Waals surface area (Å²) in [6, 6.07) is 6.26. The number of nitrogens with zero attached hydrogens (tertiary/aromatic N) is 1. The first kappa shape index (κ1) is 17.9. The lowest BCUT2D eigenvalue weighted by molar-refractivity contribution is 0.123. The zero-order valence-corrected chi connectivity index (χ0v) is 14.8. The number of hydrogen-bond acceptors (Lipinski definition) is 2. The van der Waals surface area contributed by atoms with E-state index in [1.807, 2.05) is 0 Å². The van der Waals surface area contributed by atoms with Crippen LogP contribution in [0.2, 0.25) is 5.02 Å². The Morgan fingerprint density at radius 2 is 1.80 bits per heavy atom. The second-order valence-electron chi connectivity index (χ2n) is 5.24. The van der Waals surface area contributed by atoms with Crippen molar-refractivity contribution < 1.29 is 17.6 Å². The maximum absolute atomic E-state index is 14.1. The summed E-state index contributed by atoms with van der Waals surface area (Å²) in [6.07, 6.45) is -1.76. The van der Waals surface area contributed by atoms with Crippen LogP contribution in [0.1, 0.15) is 11.6 Å². The van der Waals surface area contributed by atoms with Gasteiger partial charge in [0.15, 0.2) is 5.82 Å². The minimum atomic E-state index is -2.92. The molecule has 1 N–H and O–H groups in total. The van der Waals surface area contributed by atoms with Gasteiger partial charge in [0.05, 0.1) is 10.7 Å². The van der Waals surface area contributed by atoms with Crippen LogP contribution in [0.5, 0.6) is 0 Å². The van der Waals surface area contributed by atoms with Gasteiger partial charge in [-0.2, -0.15) is 0 Å². The summed E-state index contributed by atoms with van der Waals surface area (Å²) in [4.78, 5) is 3.90. The highest BCUT2D eigenvalue weighted by Crippen LogP contribution is 2.37. The predicted molar refractivity (Wildman–Crippen MR) is 93.2 cm³/mol. The van der Waals surface area contributed by atoms with Gasteiger partial charge in [0.25, 0.3) is 6.43 Å². The van der Waals surface area contributed by atoms with Crippen molar-refractivity contribution in [3.8, 4) is 0 Å². The first-order valence-corrected chi connectivity index (χ1v) is 8.28. The molecule has 0 aliphatic carbocycles. The SMILES string of the molecule is Fc1ccccc1[C@H](Nc1c(Cl)cnc2c(F)cc(Br)cc12)C(F)F. The van der Waals surface area contributed by atoms with Gasteiger partial charge in [-0.3, -0.25) is 4.98 Å². The number of hydrogen-bond donors (Lipinski definition) is 1. The number of rotatable bonds is 4. The molecule has 3 rings (SSSR count). The first-order valence-electron chi connectivity index (χ1n) is 7.11. The molecule has 0 radical (unpaired) electrons. The molecule has 25 heavy (non-hydrogen) atoms. The van der Waals surface area contributed by atoms with E-state index in [0.717, 1.165) is 12.3 Å². The van der Waals surface area contributed by atoms with Crippen molar-refractivity contribution in [3.63, 3.8) is 0 Å². The minimum Gasteiger partial charge on any atom is -0.371 e. The van der Waals surface area contributed by atoms with Crippen LogP contribution in [0.3, 0.4) is 0 Å². The van der Waals surface area contributed by atoms with Crippen molar-refractivity contribution in [2.75, 3.05) is 5.32 Å². The number of fused-ring (bicyclic) bond motifs is 1. The van der Waals surface area contributed by atoms with E-state index in [1.165, 1.54) is 30.3 Å².